The molecule has 23 heavy (non-hydrogen) atoms. The first-order chi connectivity index (χ1) is 10.5. The van der Waals surface area contributed by atoms with Crippen molar-refractivity contribution in [1.29, 1.82) is 0 Å². The number of carbonyl (C=O) groups excluding carboxylic acids is 1. The Bertz CT molecular complexity index is 660. The van der Waals surface area contributed by atoms with Gasteiger partial charge in [-0.2, -0.15) is 0 Å². The molecule has 0 atom stereocenters. The van der Waals surface area contributed by atoms with E-state index in [1.165, 1.54) is 24.3 Å². The zero-order valence-electron chi connectivity index (χ0n) is 13.4. The molecule has 0 heterocycles. The Balaban J connectivity index is 2.69. The molecule has 0 radical (unpaired) electrons. The highest BCUT2D eigenvalue weighted by molar-refractivity contribution is 7.89. The topological polar surface area (TPSA) is 113 Å². The van der Waals surface area contributed by atoms with Crippen molar-refractivity contribution in [1.82, 2.24) is 10.0 Å². The second-order valence-electron chi connectivity index (χ2n) is 6.13. The summed E-state index contributed by atoms with van der Waals surface area (Å²) in [6, 6.07) is 5.56. The van der Waals surface area contributed by atoms with E-state index in [9.17, 15) is 18.0 Å². The molecule has 1 aromatic carbocycles. The molecule has 0 aliphatic rings. The molecule has 1 rings (SSSR count). The fourth-order valence-electron chi connectivity index (χ4n) is 1.79. The summed E-state index contributed by atoms with van der Waals surface area (Å²) in [5, 5.41) is 11.1. The van der Waals surface area contributed by atoms with E-state index in [1.807, 2.05) is 0 Å². The van der Waals surface area contributed by atoms with E-state index in [4.69, 9.17) is 5.11 Å². The van der Waals surface area contributed by atoms with Gasteiger partial charge in [-0.3, -0.25) is 9.59 Å². The van der Waals surface area contributed by atoms with Crippen molar-refractivity contribution in [3.8, 4) is 0 Å². The summed E-state index contributed by atoms with van der Waals surface area (Å²) in [4.78, 5) is 22.3. The molecule has 0 spiro atoms. The molecule has 0 unspecified atom stereocenters. The number of rotatable bonds is 7. The van der Waals surface area contributed by atoms with Gasteiger partial charge in [-0.1, -0.05) is 0 Å². The monoisotopic (exact) mass is 342 g/mol. The molecule has 0 fully saturated rings. The standard InChI is InChI=1S/C15H22N2O5S/c1-15(2,3)17-23(21,22)12-8-6-11(7-9-12)14(20)16-10-4-5-13(18)19/h6-9,17H,4-5,10H2,1-3H3,(H,16,20)(H,18,19). The number of amides is 1. The molecule has 0 aromatic heterocycles. The van der Waals surface area contributed by atoms with Crippen LogP contribution in [-0.2, 0) is 14.8 Å². The van der Waals surface area contributed by atoms with E-state index in [0.29, 0.717) is 12.0 Å². The van der Waals surface area contributed by atoms with Gasteiger partial charge in [0.2, 0.25) is 10.0 Å². The maximum absolute atomic E-state index is 12.1. The Morgan fingerprint density at radius 2 is 1.70 bits per heavy atom. The number of sulfonamides is 1. The van der Waals surface area contributed by atoms with Crippen LogP contribution >= 0.6 is 0 Å². The van der Waals surface area contributed by atoms with E-state index in [1.54, 1.807) is 20.8 Å². The molecular weight excluding hydrogens is 320 g/mol. The summed E-state index contributed by atoms with van der Waals surface area (Å²) >= 11 is 0. The fraction of sp³-hybridized carbons (Fsp3) is 0.467. The van der Waals surface area contributed by atoms with Crippen LogP contribution in [0.4, 0.5) is 0 Å². The normalized spacial score (nSPS) is 12.0. The third-order valence-electron chi connectivity index (χ3n) is 2.72. The summed E-state index contributed by atoms with van der Waals surface area (Å²) in [5.74, 6) is -1.29. The van der Waals surface area contributed by atoms with E-state index in [2.05, 4.69) is 10.0 Å². The Kier molecular flexibility index (Phi) is 6.28. The van der Waals surface area contributed by atoms with Gasteiger partial charge in [0.1, 0.15) is 0 Å². The second-order valence-corrected chi connectivity index (χ2v) is 7.82. The number of carboxylic acid groups (broad SMARTS) is 1. The van der Waals surface area contributed by atoms with Gasteiger partial charge in [0, 0.05) is 24.1 Å². The van der Waals surface area contributed by atoms with Gasteiger partial charge in [-0.15, -0.1) is 0 Å². The molecule has 0 aliphatic carbocycles. The first kappa shape index (κ1) is 19.1. The van der Waals surface area contributed by atoms with Crippen LogP contribution in [0.3, 0.4) is 0 Å². The average molecular weight is 342 g/mol. The van der Waals surface area contributed by atoms with Crippen LogP contribution in [0.25, 0.3) is 0 Å². The lowest BCUT2D eigenvalue weighted by Gasteiger charge is -2.20. The van der Waals surface area contributed by atoms with Gasteiger partial charge in [0.15, 0.2) is 0 Å². The first-order valence-corrected chi connectivity index (χ1v) is 8.64. The van der Waals surface area contributed by atoms with Crippen LogP contribution in [0, 0.1) is 0 Å². The van der Waals surface area contributed by atoms with Crippen LogP contribution in [-0.4, -0.2) is 37.5 Å². The van der Waals surface area contributed by atoms with Crippen molar-refractivity contribution >= 4 is 21.9 Å². The number of carbonyl (C=O) groups is 2. The van der Waals surface area contributed by atoms with Crippen LogP contribution in [0.2, 0.25) is 0 Å². The van der Waals surface area contributed by atoms with E-state index >= 15 is 0 Å². The summed E-state index contributed by atoms with van der Waals surface area (Å²) < 4.78 is 26.8. The van der Waals surface area contributed by atoms with Crippen LogP contribution in [0.5, 0.6) is 0 Å². The van der Waals surface area contributed by atoms with Gasteiger partial charge in [0.25, 0.3) is 5.91 Å². The van der Waals surface area contributed by atoms with Gasteiger partial charge in [-0.05, 0) is 51.5 Å². The van der Waals surface area contributed by atoms with Gasteiger partial charge in [-0.25, -0.2) is 13.1 Å². The molecule has 1 aromatic rings. The van der Waals surface area contributed by atoms with Gasteiger partial charge >= 0.3 is 5.97 Å². The van der Waals surface area contributed by atoms with Crippen molar-refractivity contribution in [2.45, 2.75) is 44.0 Å². The van der Waals surface area contributed by atoms with Crippen LogP contribution in [0.15, 0.2) is 29.2 Å². The minimum absolute atomic E-state index is 0.0179. The molecule has 0 saturated heterocycles. The zero-order chi connectivity index (χ0) is 17.7. The SMILES string of the molecule is CC(C)(C)NS(=O)(=O)c1ccc(C(=O)NCCCC(=O)O)cc1. The third kappa shape index (κ3) is 6.79. The lowest BCUT2D eigenvalue weighted by Crippen LogP contribution is -2.40. The summed E-state index contributed by atoms with van der Waals surface area (Å²) in [7, 11) is -3.64. The van der Waals surface area contributed by atoms with Crippen LogP contribution in [0.1, 0.15) is 44.0 Å². The number of carboxylic acids is 1. The number of hydrogen-bond donors (Lipinski definition) is 3. The molecule has 0 saturated carbocycles. The Labute approximate surface area is 136 Å². The Morgan fingerprint density at radius 3 is 2.17 bits per heavy atom. The number of benzene rings is 1. The lowest BCUT2D eigenvalue weighted by molar-refractivity contribution is -0.137. The molecule has 128 valence electrons. The Morgan fingerprint density at radius 1 is 1.13 bits per heavy atom. The largest absolute Gasteiger partial charge is 0.481 e. The molecule has 0 aliphatic heterocycles. The fourth-order valence-corrected chi connectivity index (χ4v) is 3.21. The predicted molar refractivity (Wildman–Crippen MR) is 85.7 cm³/mol. The van der Waals surface area contributed by atoms with Crippen molar-refractivity contribution in [3.63, 3.8) is 0 Å². The minimum Gasteiger partial charge on any atom is -0.481 e. The summed E-state index contributed by atoms with van der Waals surface area (Å²) in [6.45, 7) is 5.47. The van der Waals surface area contributed by atoms with E-state index in [-0.39, 0.29) is 23.8 Å². The number of hydrogen-bond acceptors (Lipinski definition) is 4. The molecule has 0 bridgehead atoms. The lowest BCUT2D eigenvalue weighted by atomic mass is 10.1. The van der Waals surface area contributed by atoms with Crippen molar-refractivity contribution < 1.29 is 23.1 Å². The van der Waals surface area contributed by atoms with Crippen molar-refractivity contribution in [2.24, 2.45) is 0 Å². The highest BCUT2D eigenvalue weighted by Crippen LogP contribution is 2.14. The zero-order valence-corrected chi connectivity index (χ0v) is 14.2. The maximum Gasteiger partial charge on any atom is 0.303 e. The predicted octanol–water partition coefficient (Wildman–Crippen LogP) is 1.36. The summed E-state index contributed by atoms with van der Waals surface area (Å²) in [6.07, 6.45) is 0.318. The van der Waals surface area contributed by atoms with Crippen molar-refractivity contribution in [2.75, 3.05) is 6.54 Å². The first-order valence-electron chi connectivity index (χ1n) is 7.15. The average Bonchev–Trinajstić information content (AvgIpc) is 2.40. The Hall–Kier alpha value is -1.93. The van der Waals surface area contributed by atoms with Crippen molar-refractivity contribution in [3.05, 3.63) is 29.8 Å². The highest BCUT2D eigenvalue weighted by atomic mass is 32.2. The quantitative estimate of drug-likeness (QED) is 0.648. The van der Waals surface area contributed by atoms with E-state index in [0.717, 1.165) is 0 Å². The second kappa shape index (κ2) is 7.56. The van der Waals surface area contributed by atoms with Gasteiger partial charge in [0.05, 0.1) is 4.90 Å². The molecule has 8 heteroatoms. The maximum atomic E-state index is 12.1. The van der Waals surface area contributed by atoms with E-state index < -0.39 is 21.5 Å². The van der Waals surface area contributed by atoms with Gasteiger partial charge < -0.3 is 10.4 Å². The third-order valence-corrected chi connectivity index (χ3v) is 4.49. The molecule has 1 amide bonds. The molecule has 7 nitrogen and oxygen atoms in total. The number of nitrogens with one attached hydrogen (secondary N) is 2. The number of aliphatic carboxylic acids is 1. The smallest absolute Gasteiger partial charge is 0.303 e. The molecule has 3 N–H and O–H groups in total. The van der Waals surface area contributed by atoms with Crippen LogP contribution < -0.4 is 10.0 Å². The highest BCUT2D eigenvalue weighted by Gasteiger charge is 2.22. The minimum atomic E-state index is -3.64. The summed E-state index contributed by atoms with van der Waals surface area (Å²) in [5.41, 5.74) is -0.283. The molecular formula is C15H22N2O5S.